The predicted molar refractivity (Wildman–Crippen MR) is 50.7 cm³/mol. The Hall–Kier alpha value is -0.500. The van der Waals surface area contributed by atoms with Crippen LogP contribution < -0.4 is 10.5 Å². The second kappa shape index (κ2) is 3.93. The van der Waals surface area contributed by atoms with Crippen LogP contribution in [0.1, 0.15) is 0 Å². The van der Waals surface area contributed by atoms with Gasteiger partial charge in [-0.1, -0.05) is 0 Å². The Morgan fingerprint density at radius 2 is 1.93 bits per heavy atom. The standard InChI is InChI=1S/C6H3Br2F3N2O/c7-4-2(12)1-3(13-5(4)8)14-6(9,10)11/h1H,(H2,12,13). The number of nitrogen functional groups attached to an aromatic ring is 1. The first-order valence-electron chi connectivity index (χ1n) is 3.17. The Bertz CT molecular complexity index is 332. The molecule has 78 valence electrons. The van der Waals surface area contributed by atoms with Gasteiger partial charge in [0, 0.05) is 6.07 Å². The molecule has 0 saturated heterocycles. The summed E-state index contributed by atoms with van der Waals surface area (Å²) in [5, 5.41) is 0. The van der Waals surface area contributed by atoms with Crippen LogP contribution in [-0.4, -0.2) is 11.3 Å². The Morgan fingerprint density at radius 1 is 1.36 bits per heavy atom. The van der Waals surface area contributed by atoms with Gasteiger partial charge in [-0.25, -0.2) is 4.98 Å². The second-order valence-electron chi connectivity index (χ2n) is 2.20. The quantitative estimate of drug-likeness (QED) is 0.802. The normalized spacial score (nSPS) is 11.5. The molecule has 1 rings (SSSR count). The Balaban J connectivity index is 3.02. The van der Waals surface area contributed by atoms with Gasteiger partial charge in [-0.05, 0) is 31.9 Å². The minimum atomic E-state index is -4.77. The van der Waals surface area contributed by atoms with E-state index in [2.05, 4.69) is 41.6 Å². The van der Waals surface area contributed by atoms with E-state index in [4.69, 9.17) is 5.73 Å². The van der Waals surface area contributed by atoms with Gasteiger partial charge in [-0.2, -0.15) is 0 Å². The molecule has 0 aromatic carbocycles. The van der Waals surface area contributed by atoms with Crippen molar-refractivity contribution in [2.24, 2.45) is 0 Å². The van der Waals surface area contributed by atoms with E-state index < -0.39 is 12.2 Å². The molecule has 3 nitrogen and oxygen atoms in total. The first-order chi connectivity index (χ1) is 6.29. The minimum absolute atomic E-state index is 0.103. The van der Waals surface area contributed by atoms with E-state index in [-0.39, 0.29) is 10.3 Å². The van der Waals surface area contributed by atoms with Crippen molar-refractivity contribution < 1.29 is 17.9 Å². The molecule has 14 heavy (non-hydrogen) atoms. The smallest absolute Gasteiger partial charge is 0.398 e. The van der Waals surface area contributed by atoms with Crippen LogP contribution in [0.15, 0.2) is 15.1 Å². The molecule has 0 amide bonds. The molecule has 1 aromatic heterocycles. The van der Waals surface area contributed by atoms with Gasteiger partial charge < -0.3 is 10.5 Å². The van der Waals surface area contributed by atoms with Crippen LogP contribution >= 0.6 is 31.9 Å². The van der Waals surface area contributed by atoms with Gasteiger partial charge in [0.05, 0.1) is 10.2 Å². The van der Waals surface area contributed by atoms with Crippen molar-refractivity contribution in [2.75, 3.05) is 5.73 Å². The van der Waals surface area contributed by atoms with Crippen LogP contribution in [0.4, 0.5) is 18.9 Å². The molecule has 0 saturated carbocycles. The lowest BCUT2D eigenvalue weighted by molar-refractivity contribution is -0.276. The van der Waals surface area contributed by atoms with Crippen molar-refractivity contribution in [3.05, 3.63) is 15.1 Å². The Morgan fingerprint density at radius 3 is 2.36 bits per heavy atom. The molecule has 0 aliphatic heterocycles. The summed E-state index contributed by atoms with van der Waals surface area (Å²) in [4.78, 5) is 3.47. The summed E-state index contributed by atoms with van der Waals surface area (Å²) in [6, 6.07) is 0.975. The lowest BCUT2D eigenvalue weighted by Crippen LogP contribution is -2.18. The van der Waals surface area contributed by atoms with Crippen LogP contribution in [0.2, 0.25) is 0 Å². The molecule has 0 atom stereocenters. The summed E-state index contributed by atoms with van der Waals surface area (Å²) in [6.07, 6.45) is -4.77. The summed E-state index contributed by atoms with van der Waals surface area (Å²) in [5.41, 5.74) is 5.48. The summed E-state index contributed by atoms with van der Waals surface area (Å²) in [6.45, 7) is 0. The fourth-order valence-electron chi connectivity index (χ4n) is 0.664. The molecule has 8 heteroatoms. The number of hydrogen-bond acceptors (Lipinski definition) is 3. The molecule has 2 N–H and O–H groups in total. The van der Waals surface area contributed by atoms with E-state index in [9.17, 15) is 13.2 Å². The van der Waals surface area contributed by atoms with Crippen molar-refractivity contribution >= 4 is 37.5 Å². The van der Waals surface area contributed by atoms with Crippen molar-refractivity contribution in [1.82, 2.24) is 4.98 Å². The number of ether oxygens (including phenoxy) is 1. The van der Waals surface area contributed by atoms with E-state index in [1.54, 1.807) is 0 Å². The van der Waals surface area contributed by atoms with Crippen molar-refractivity contribution in [3.63, 3.8) is 0 Å². The van der Waals surface area contributed by atoms with Gasteiger partial charge in [0.2, 0.25) is 5.88 Å². The van der Waals surface area contributed by atoms with E-state index in [0.29, 0.717) is 4.47 Å². The first kappa shape index (κ1) is 11.6. The topological polar surface area (TPSA) is 48.1 Å². The molecule has 0 radical (unpaired) electrons. The van der Waals surface area contributed by atoms with Crippen LogP contribution in [-0.2, 0) is 0 Å². The zero-order valence-corrected chi connectivity index (χ0v) is 9.57. The predicted octanol–water partition coefficient (Wildman–Crippen LogP) is 3.09. The molecule has 0 unspecified atom stereocenters. The van der Waals surface area contributed by atoms with Gasteiger partial charge in [0.15, 0.2) is 0 Å². The number of hydrogen-bond donors (Lipinski definition) is 1. The minimum Gasteiger partial charge on any atom is -0.398 e. The van der Waals surface area contributed by atoms with E-state index in [1.165, 1.54) is 0 Å². The molecule has 0 bridgehead atoms. The fraction of sp³-hybridized carbons (Fsp3) is 0.167. The number of rotatable bonds is 1. The molecular formula is C6H3Br2F3N2O. The van der Waals surface area contributed by atoms with Crippen LogP contribution in [0.25, 0.3) is 0 Å². The average Bonchev–Trinajstić information content (AvgIpc) is 1.96. The van der Waals surface area contributed by atoms with E-state index in [0.717, 1.165) is 6.07 Å². The molecular weight excluding hydrogens is 333 g/mol. The van der Waals surface area contributed by atoms with Gasteiger partial charge in [0.1, 0.15) is 4.60 Å². The number of pyridine rings is 1. The summed E-state index contributed by atoms with van der Waals surface area (Å²) in [7, 11) is 0. The van der Waals surface area contributed by atoms with Gasteiger partial charge in [-0.3, -0.25) is 0 Å². The maximum atomic E-state index is 11.8. The number of anilines is 1. The number of nitrogens with two attached hydrogens (primary N) is 1. The van der Waals surface area contributed by atoms with Crippen molar-refractivity contribution in [2.45, 2.75) is 6.36 Å². The second-order valence-corrected chi connectivity index (χ2v) is 3.75. The van der Waals surface area contributed by atoms with Crippen LogP contribution in [0, 0.1) is 0 Å². The van der Waals surface area contributed by atoms with Crippen LogP contribution in [0.5, 0.6) is 5.88 Å². The SMILES string of the molecule is Nc1cc(OC(F)(F)F)nc(Br)c1Br. The van der Waals surface area contributed by atoms with Crippen molar-refractivity contribution in [1.29, 1.82) is 0 Å². The molecule has 0 fully saturated rings. The first-order valence-corrected chi connectivity index (χ1v) is 4.75. The average molecular weight is 336 g/mol. The van der Waals surface area contributed by atoms with E-state index >= 15 is 0 Å². The monoisotopic (exact) mass is 334 g/mol. The Kier molecular flexibility index (Phi) is 3.25. The van der Waals surface area contributed by atoms with Gasteiger partial charge >= 0.3 is 6.36 Å². The van der Waals surface area contributed by atoms with Gasteiger partial charge in [0.25, 0.3) is 0 Å². The number of aromatic nitrogens is 1. The molecule has 1 aromatic rings. The zero-order valence-electron chi connectivity index (χ0n) is 6.40. The highest BCUT2D eigenvalue weighted by Gasteiger charge is 2.32. The third-order valence-corrected chi connectivity index (χ3v) is 3.08. The lowest BCUT2D eigenvalue weighted by Gasteiger charge is -2.09. The number of nitrogens with zero attached hydrogens (tertiary/aromatic N) is 1. The van der Waals surface area contributed by atoms with E-state index in [1.807, 2.05) is 0 Å². The molecule has 0 spiro atoms. The number of halogens is 5. The molecule has 0 aliphatic carbocycles. The van der Waals surface area contributed by atoms with Crippen LogP contribution in [0.3, 0.4) is 0 Å². The third kappa shape index (κ3) is 3.02. The van der Waals surface area contributed by atoms with Gasteiger partial charge in [-0.15, -0.1) is 13.2 Å². The highest BCUT2D eigenvalue weighted by atomic mass is 79.9. The highest BCUT2D eigenvalue weighted by Crippen LogP contribution is 2.32. The largest absolute Gasteiger partial charge is 0.574 e. The summed E-state index contributed by atoms with van der Waals surface area (Å²) in [5.74, 6) is -0.606. The maximum Gasteiger partial charge on any atom is 0.574 e. The lowest BCUT2D eigenvalue weighted by atomic mass is 10.4. The maximum absolute atomic E-state index is 11.8. The molecule has 0 aliphatic rings. The Labute approximate surface area is 93.7 Å². The third-order valence-electron chi connectivity index (χ3n) is 1.14. The fourth-order valence-corrected chi connectivity index (χ4v) is 1.27. The highest BCUT2D eigenvalue weighted by molar-refractivity contribution is 9.13. The summed E-state index contributed by atoms with van der Waals surface area (Å²) < 4.78 is 39.4. The number of alkyl halides is 3. The molecule has 1 heterocycles. The van der Waals surface area contributed by atoms with Crippen molar-refractivity contribution in [3.8, 4) is 5.88 Å². The zero-order chi connectivity index (χ0) is 10.9. The summed E-state index contributed by atoms with van der Waals surface area (Å²) >= 11 is 5.94.